The zero-order chi connectivity index (χ0) is 16.1. The number of benzene rings is 1. The smallest absolute Gasteiger partial charge is 0.244 e. The standard InChI is InChI=1S/C13H12BrClN2O3S2/c1-7(18)16-13-17(10-3-2-8(14)4-9(10)15)11-5-22(19,20)6-12(11)21-13/h2-4,11-12H,5-6H2,1H3/t11-,12-/m1/s1. The van der Waals surface area contributed by atoms with Gasteiger partial charge >= 0.3 is 0 Å². The van der Waals surface area contributed by atoms with Crippen molar-refractivity contribution in [3.05, 3.63) is 27.7 Å². The maximum atomic E-state index is 11.9. The molecular weight excluding hydrogens is 412 g/mol. The number of halogens is 2. The molecule has 0 aromatic heterocycles. The van der Waals surface area contributed by atoms with E-state index in [0.29, 0.717) is 15.9 Å². The maximum absolute atomic E-state index is 11.9. The Labute approximate surface area is 146 Å². The minimum atomic E-state index is -3.07. The molecule has 0 N–H and O–H groups in total. The molecular formula is C13H12BrClN2O3S2. The van der Waals surface area contributed by atoms with Crippen LogP contribution < -0.4 is 4.90 Å². The van der Waals surface area contributed by atoms with Gasteiger partial charge in [0.05, 0.1) is 28.3 Å². The van der Waals surface area contributed by atoms with Gasteiger partial charge in [-0.05, 0) is 18.2 Å². The van der Waals surface area contributed by atoms with E-state index in [1.54, 1.807) is 17.0 Å². The second kappa shape index (κ2) is 5.81. The molecule has 0 bridgehead atoms. The third-order valence-electron chi connectivity index (χ3n) is 3.49. The van der Waals surface area contributed by atoms with Crippen molar-refractivity contribution in [2.45, 2.75) is 18.2 Å². The van der Waals surface area contributed by atoms with Crippen LogP contribution in [-0.4, -0.2) is 42.3 Å². The summed E-state index contributed by atoms with van der Waals surface area (Å²) in [4.78, 5) is 17.2. The number of nitrogens with zero attached hydrogens (tertiary/aromatic N) is 2. The third-order valence-corrected chi connectivity index (χ3v) is 7.49. The molecule has 118 valence electrons. The van der Waals surface area contributed by atoms with E-state index >= 15 is 0 Å². The first-order valence-corrected chi connectivity index (χ1v) is 10.3. The number of carbonyl (C=O) groups excluding carboxylic acids is 1. The average molecular weight is 424 g/mol. The molecule has 1 aromatic rings. The number of fused-ring (bicyclic) bond motifs is 1. The molecule has 1 aromatic carbocycles. The molecule has 0 aliphatic carbocycles. The Morgan fingerprint density at radius 3 is 2.82 bits per heavy atom. The quantitative estimate of drug-likeness (QED) is 0.695. The van der Waals surface area contributed by atoms with Gasteiger partial charge in [-0.25, -0.2) is 8.42 Å². The molecule has 22 heavy (non-hydrogen) atoms. The molecule has 5 nitrogen and oxygen atoms in total. The molecule has 2 aliphatic heterocycles. The summed E-state index contributed by atoms with van der Waals surface area (Å²) in [6.45, 7) is 1.37. The maximum Gasteiger partial charge on any atom is 0.244 e. The largest absolute Gasteiger partial charge is 0.314 e. The van der Waals surface area contributed by atoms with Crippen LogP contribution in [0.2, 0.25) is 5.02 Å². The molecule has 0 unspecified atom stereocenters. The van der Waals surface area contributed by atoms with E-state index < -0.39 is 9.84 Å². The normalized spacial score (nSPS) is 28.1. The Balaban J connectivity index is 2.08. The highest BCUT2D eigenvalue weighted by atomic mass is 79.9. The van der Waals surface area contributed by atoms with E-state index in [2.05, 4.69) is 20.9 Å². The van der Waals surface area contributed by atoms with Crippen molar-refractivity contribution in [1.82, 2.24) is 0 Å². The zero-order valence-electron chi connectivity index (χ0n) is 11.5. The summed E-state index contributed by atoms with van der Waals surface area (Å²) in [6, 6.07) is 5.13. The molecule has 9 heteroatoms. The van der Waals surface area contributed by atoms with Crippen molar-refractivity contribution in [3.8, 4) is 0 Å². The van der Waals surface area contributed by atoms with Gasteiger partial charge in [0.15, 0.2) is 15.0 Å². The molecule has 2 saturated heterocycles. The number of amides is 1. The minimum Gasteiger partial charge on any atom is -0.314 e. The Bertz CT molecular complexity index is 781. The Morgan fingerprint density at radius 1 is 1.45 bits per heavy atom. The Morgan fingerprint density at radius 2 is 2.18 bits per heavy atom. The van der Waals surface area contributed by atoms with Crippen LogP contribution >= 0.6 is 39.3 Å². The monoisotopic (exact) mass is 422 g/mol. The number of rotatable bonds is 1. The van der Waals surface area contributed by atoms with Gasteiger partial charge in [0.2, 0.25) is 5.91 Å². The first-order valence-electron chi connectivity index (χ1n) is 6.47. The summed E-state index contributed by atoms with van der Waals surface area (Å²) < 4.78 is 24.6. The fourth-order valence-electron chi connectivity index (χ4n) is 2.66. The van der Waals surface area contributed by atoms with E-state index in [-0.39, 0.29) is 28.7 Å². The number of amidine groups is 1. The lowest BCUT2D eigenvalue weighted by Gasteiger charge is -2.25. The molecule has 0 radical (unpaired) electrons. The molecule has 2 heterocycles. The van der Waals surface area contributed by atoms with Gasteiger partial charge < -0.3 is 4.90 Å². The van der Waals surface area contributed by atoms with E-state index in [0.717, 1.165) is 4.47 Å². The number of hydrogen-bond acceptors (Lipinski definition) is 4. The summed E-state index contributed by atoms with van der Waals surface area (Å²) in [5.74, 6) is -0.165. The third kappa shape index (κ3) is 3.06. The highest BCUT2D eigenvalue weighted by Crippen LogP contribution is 2.43. The van der Waals surface area contributed by atoms with Crippen LogP contribution in [0, 0.1) is 0 Å². The number of sulfone groups is 1. The second-order valence-electron chi connectivity index (χ2n) is 5.18. The highest BCUT2D eigenvalue weighted by molar-refractivity contribution is 9.10. The summed E-state index contributed by atoms with van der Waals surface area (Å²) in [6.07, 6.45) is 0. The lowest BCUT2D eigenvalue weighted by molar-refractivity contribution is -0.115. The Hall–Kier alpha value is -0.570. The van der Waals surface area contributed by atoms with Gasteiger partial charge in [-0.1, -0.05) is 39.3 Å². The fraction of sp³-hybridized carbons (Fsp3) is 0.385. The number of aliphatic imine (C=N–C) groups is 1. The SMILES string of the molecule is CC(=O)N=C1S[C@@H]2CS(=O)(=O)C[C@H]2N1c1ccc(Br)cc1Cl. The fourth-order valence-corrected chi connectivity index (χ4v) is 7.37. The summed E-state index contributed by atoms with van der Waals surface area (Å²) in [5.41, 5.74) is 0.668. The molecule has 1 amide bonds. The first-order chi connectivity index (χ1) is 10.3. The van der Waals surface area contributed by atoms with Crippen LogP contribution in [0.5, 0.6) is 0 Å². The highest BCUT2D eigenvalue weighted by Gasteiger charge is 2.49. The lowest BCUT2D eigenvalue weighted by Crippen LogP contribution is -2.37. The van der Waals surface area contributed by atoms with Gasteiger partial charge in [0.25, 0.3) is 0 Å². The predicted molar refractivity (Wildman–Crippen MR) is 93.6 cm³/mol. The summed E-state index contributed by atoms with van der Waals surface area (Å²) in [5, 5.41) is 0.876. The van der Waals surface area contributed by atoms with E-state index in [1.807, 2.05) is 6.07 Å². The molecule has 2 aliphatic rings. The van der Waals surface area contributed by atoms with Crippen molar-refractivity contribution in [2.75, 3.05) is 16.4 Å². The van der Waals surface area contributed by atoms with Crippen LogP contribution in [0.1, 0.15) is 6.92 Å². The molecule has 2 atom stereocenters. The van der Waals surface area contributed by atoms with Crippen molar-refractivity contribution in [2.24, 2.45) is 4.99 Å². The molecule has 0 spiro atoms. The Kier molecular flexibility index (Phi) is 4.30. The van der Waals surface area contributed by atoms with Crippen molar-refractivity contribution in [1.29, 1.82) is 0 Å². The number of carbonyl (C=O) groups is 1. The van der Waals surface area contributed by atoms with Gasteiger partial charge in [-0.3, -0.25) is 4.79 Å². The number of anilines is 1. The van der Waals surface area contributed by atoms with Crippen LogP contribution in [0.15, 0.2) is 27.7 Å². The summed E-state index contributed by atoms with van der Waals surface area (Å²) >= 11 is 11.0. The molecule has 3 rings (SSSR count). The van der Waals surface area contributed by atoms with Crippen LogP contribution in [-0.2, 0) is 14.6 Å². The van der Waals surface area contributed by atoms with E-state index in [1.165, 1.54) is 18.7 Å². The van der Waals surface area contributed by atoms with Crippen molar-refractivity contribution < 1.29 is 13.2 Å². The summed E-state index contributed by atoms with van der Waals surface area (Å²) in [7, 11) is -3.07. The van der Waals surface area contributed by atoms with Crippen molar-refractivity contribution >= 4 is 65.9 Å². The van der Waals surface area contributed by atoms with Crippen LogP contribution in [0.4, 0.5) is 5.69 Å². The van der Waals surface area contributed by atoms with E-state index in [4.69, 9.17) is 11.6 Å². The minimum absolute atomic E-state index is 0.0496. The number of hydrogen-bond donors (Lipinski definition) is 0. The average Bonchev–Trinajstić information content (AvgIpc) is 2.81. The van der Waals surface area contributed by atoms with Gasteiger partial charge in [0.1, 0.15) is 0 Å². The molecule has 0 saturated carbocycles. The molecule has 2 fully saturated rings. The second-order valence-corrected chi connectivity index (χ2v) is 9.86. The zero-order valence-corrected chi connectivity index (χ0v) is 15.5. The van der Waals surface area contributed by atoms with Gasteiger partial charge in [0, 0.05) is 16.6 Å². The predicted octanol–water partition coefficient (Wildman–Crippen LogP) is 2.72. The topological polar surface area (TPSA) is 66.8 Å². The van der Waals surface area contributed by atoms with Crippen LogP contribution in [0.3, 0.4) is 0 Å². The lowest BCUT2D eigenvalue weighted by atomic mass is 10.2. The first kappa shape index (κ1) is 16.3. The van der Waals surface area contributed by atoms with Gasteiger partial charge in [-0.15, -0.1) is 0 Å². The van der Waals surface area contributed by atoms with Crippen LogP contribution in [0.25, 0.3) is 0 Å². The van der Waals surface area contributed by atoms with Gasteiger partial charge in [-0.2, -0.15) is 4.99 Å². The van der Waals surface area contributed by atoms with Crippen molar-refractivity contribution in [3.63, 3.8) is 0 Å². The number of thioether (sulfide) groups is 1. The van der Waals surface area contributed by atoms with E-state index in [9.17, 15) is 13.2 Å².